The summed E-state index contributed by atoms with van der Waals surface area (Å²) < 4.78 is 6.73. The van der Waals surface area contributed by atoms with Gasteiger partial charge < -0.3 is 10.5 Å². The quantitative estimate of drug-likeness (QED) is 0.736. The Morgan fingerprint density at radius 2 is 2.26 bits per heavy atom. The van der Waals surface area contributed by atoms with Crippen LogP contribution in [-0.4, -0.2) is 21.6 Å². The third-order valence-corrected chi connectivity index (χ3v) is 4.68. The van der Waals surface area contributed by atoms with Gasteiger partial charge in [-0.05, 0) is 24.6 Å². The Hall–Kier alpha value is -2.25. The van der Waals surface area contributed by atoms with E-state index in [-0.39, 0.29) is 17.1 Å². The number of nitrogens with two attached hydrogens (primary N) is 1. The maximum atomic E-state index is 12.8. The summed E-state index contributed by atoms with van der Waals surface area (Å²) in [5.41, 5.74) is 7.24. The van der Waals surface area contributed by atoms with Crippen LogP contribution in [0.4, 0.5) is 0 Å². The molecule has 3 rings (SSSR count). The lowest BCUT2D eigenvalue weighted by molar-refractivity contribution is 0.415. The van der Waals surface area contributed by atoms with Crippen LogP contribution in [0.1, 0.15) is 4.88 Å². The largest absolute Gasteiger partial charge is 0.497 e. The van der Waals surface area contributed by atoms with Gasteiger partial charge in [-0.1, -0.05) is 24.4 Å². The first kappa shape index (κ1) is 15.6. The molecule has 2 N–H and O–H groups in total. The Kier molecular flexibility index (Phi) is 4.14. The van der Waals surface area contributed by atoms with Crippen molar-refractivity contribution >= 4 is 38.8 Å². The Bertz CT molecular complexity index is 960. The highest BCUT2D eigenvalue weighted by atomic mass is 32.1. The maximum absolute atomic E-state index is 12.8. The van der Waals surface area contributed by atoms with Crippen molar-refractivity contribution < 1.29 is 4.74 Å². The monoisotopic (exact) mass is 345 g/mol. The molecule has 0 spiro atoms. The number of rotatable bonds is 4. The summed E-state index contributed by atoms with van der Waals surface area (Å²) in [5.74, 6) is 0.744. The molecule has 0 saturated carbocycles. The summed E-state index contributed by atoms with van der Waals surface area (Å²) in [6.45, 7) is 2.17. The van der Waals surface area contributed by atoms with Gasteiger partial charge in [0.2, 0.25) is 0 Å². The van der Waals surface area contributed by atoms with Gasteiger partial charge in [0.05, 0.1) is 30.4 Å². The highest BCUT2D eigenvalue weighted by Gasteiger charge is 2.17. The molecule has 1 aromatic carbocycles. The number of thiocarbonyl (C=S) groups is 1. The van der Waals surface area contributed by atoms with Crippen molar-refractivity contribution in [3.05, 3.63) is 45.8 Å². The molecule has 0 amide bonds. The third kappa shape index (κ3) is 2.85. The van der Waals surface area contributed by atoms with Crippen molar-refractivity contribution in [2.45, 2.75) is 13.5 Å². The zero-order valence-corrected chi connectivity index (χ0v) is 14.3. The number of fused-ring (bicyclic) bond motifs is 1. The van der Waals surface area contributed by atoms with Gasteiger partial charge in [0.1, 0.15) is 10.6 Å². The van der Waals surface area contributed by atoms with Crippen molar-refractivity contribution in [3.63, 3.8) is 0 Å². The van der Waals surface area contributed by atoms with Crippen LogP contribution in [0.15, 0.2) is 35.4 Å². The topological polar surface area (TPSA) is 70.1 Å². The van der Waals surface area contributed by atoms with E-state index in [1.807, 2.05) is 31.2 Å². The molecule has 0 atom stereocenters. The van der Waals surface area contributed by atoms with E-state index in [9.17, 15) is 4.79 Å². The van der Waals surface area contributed by atoms with Crippen LogP contribution in [0.25, 0.3) is 21.3 Å². The minimum atomic E-state index is -0.134. The second-order valence-corrected chi connectivity index (χ2v) is 6.82. The minimum absolute atomic E-state index is 0.134. The fourth-order valence-corrected chi connectivity index (χ4v) is 3.69. The SMILES string of the molecule is COc1cccc(-c2c(C)sc3ncn(CC(N)=S)c(=O)c23)c1. The molecular formula is C16H15N3O2S2. The van der Waals surface area contributed by atoms with E-state index in [0.29, 0.717) is 10.2 Å². The number of nitrogens with zero attached hydrogens (tertiary/aromatic N) is 2. The Labute approximate surface area is 142 Å². The molecule has 0 radical (unpaired) electrons. The van der Waals surface area contributed by atoms with Gasteiger partial charge in [-0.15, -0.1) is 11.3 Å². The number of aryl methyl sites for hydroxylation is 1. The molecule has 0 aliphatic heterocycles. The summed E-state index contributed by atoms with van der Waals surface area (Å²) in [4.78, 5) is 19.2. The van der Waals surface area contributed by atoms with Crippen LogP contribution in [0.5, 0.6) is 5.75 Å². The van der Waals surface area contributed by atoms with Crippen molar-refractivity contribution in [1.82, 2.24) is 9.55 Å². The Morgan fingerprint density at radius 3 is 2.96 bits per heavy atom. The summed E-state index contributed by atoms with van der Waals surface area (Å²) in [5, 5.41) is 0.597. The first-order valence-corrected chi connectivity index (χ1v) is 8.15. The van der Waals surface area contributed by atoms with E-state index in [1.165, 1.54) is 22.2 Å². The highest BCUT2D eigenvalue weighted by molar-refractivity contribution is 7.80. The van der Waals surface area contributed by atoms with Gasteiger partial charge in [0, 0.05) is 10.4 Å². The molecule has 0 unspecified atom stereocenters. The second kappa shape index (κ2) is 6.10. The molecule has 0 aliphatic carbocycles. The van der Waals surface area contributed by atoms with Gasteiger partial charge in [-0.2, -0.15) is 0 Å². The Morgan fingerprint density at radius 1 is 1.48 bits per heavy atom. The van der Waals surface area contributed by atoms with E-state index in [0.717, 1.165) is 21.8 Å². The van der Waals surface area contributed by atoms with Crippen LogP contribution in [0.3, 0.4) is 0 Å². The van der Waals surface area contributed by atoms with Gasteiger partial charge in [-0.3, -0.25) is 9.36 Å². The number of hydrogen-bond donors (Lipinski definition) is 1. The number of ether oxygens (including phenoxy) is 1. The molecular weight excluding hydrogens is 330 g/mol. The fourth-order valence-electron chi connectivity index (χ4n) is 2.54. The van der Waals surface area contributed by atoms with Crippen molar-refractivity contribution in [1.29, 1.82) is 0 Å². The van der Waals surface area contributed by atoms with E-state index in [1.54, 1.807) is 7.11 Å². The molecule has 118 valence electrons. The summed E-state index contributed by atoms with van der Waals surface area (Å²) in [6.07, 6.45) is 1.50. The molecule has 0 fully saturated rings. The molecule has 23 heavy (non-hydrogen) atoms. The van der Waals surface area contributed by atoms with Crippen LogP contribution in [0, 0.1) is 6.92 Å². The molecule has 0 aliphatic rings. The molecule has 0 saturated heterocycles. The molecule has 2 heterocycles. The predicted octanol–water partition coefficient (Wildman–Crippen LogP) is 2.73. The average molecular weight is 345 g/mol. The first-order valence-electron chi connectivity index (χ1n) is 6.92. The molecule has 3 aromatic rings. The van der Waals surface area contributed by atoms with E-state index in [2.05, 4.69) is 4.98 Å². The molecule has 0 bridgehead atoms. The summed E-state index contributed by atoms with van der Waals surface area (Å²) in [6, 6.07) is 7.65. The molecule has 2 aromatic heterocycles. The minimum Gasteiger partial charge on any atom is -0.497 e. The van der Waals surface area contributed by atoms with E-state index in [4.69, 9.17) is 22.7 Å². The zero-order valence-electron chi connectivity index (χ0n) is 12.7. The second-order valence-electron chi connectivity index (χ2n) is 5.09. The molecule has 5 nitrogen and oxygen atoms in total. The lowest BCUT2D eigenvalue weighted by atomic mass is 10.0. The average Bonchev–Trinajstić information content (AvgIpc) is 2.87. The van der Waals surface area contributed by atoms with Gasteiger partial charge in [-0.25, -0.2) is 4.98 Å². The van der Waals surface area contributed by atoms with Crippen LogP contribution >= 0.6 is 23.6 Å². The van der Waals surface area contributed by atoms with Gasteiger partial charge >= 0.3 is 0 Å². The summed E-state index contributed by atoms with van der Waals surface area (Å²) >= 11 is 6.40. The number of thiophene rings is 1. The van der Waals surface area contributed by atoms with Crippen molar-refractivity contribution in [2.24, 2.45) is 5.73 Å². The third-order valence-electron chi connectivity index (χ3n) is 3.54. The predicted molar refractivity (Wildman–Crippen MR) is 97.4 cm³/mol. The number of hydrogen-bond acceptors (Lipinski definition) is 5. The van der Waals surface area contributed by atoms with Gasteiger partial charge in [0.15, 0.2) is 0 Å². The number of aromatic nitrogens is 2. The smallest absolute Gasteiger partial charge is 0.263 e. The number of methoxy groups -OCH3 is 1. The zero-order chi connectivity index (χ0) is 16.6. The lowest BCUT2D eigenvalue weighted by Crippen LogP contribution is -2.27. The first-order chi connectivity index (χ1) is 11.0. The summed E-state index contributed by atoms with van der Waals surface area (Å²) in [7, 11) is 1.62. The van der Waals surface area contributed by atoms with Crippen LogP contribution in [-0.2, 0) is 6.54 Å². The van der Waals surface area contributed by atoms with Crippen LogP contribution < -0.4 is 16.0 Å². The van der Waals surface area contributed by atoms with Crippen molar-refractivity contribution in [2.75, 3.05) is 7.11 Å². The fraction of sp³-hybridized carbons (Fsp3) is 0.188. The van der Waals surface area contributed by atoms with Crippen molar-refractivity contribution in [3.8, 4) is 16.9 Å². The van der Waals surface area contributed by atoms with Gasteiger partial charge in [0.25, 0.3) is 5.56 Å². The normalized spacial score (nSPS) is 10.9. The molecule has 7 heteroatoms. The lowest BCUT2D eigenvalue weighted by Gasteiger charge is -2.07. The Balaban J connectivity index is 2.29. The van der Waals surface area contributed by atoms with E-state index >= 15 is 0 Å². The number of benzene rings is 1. The standard InChI is InChI=1S/C16H15N3O2S2/c1-9-13(10-4-3-5-11(6-10)21-2)14-15(23-9)18-8-19(16(14)20)7-12(17)22/h3-6,8H,7H2,1-2H3,(H2,17,22). The van der Waals surface area contributed by atoms with Crippen LogP contribution in [0.2, 0.25) is 0 Å². The maximum Gasteiger partial charge on any atom is 0.263 e. The van der Waals surface area contributed by atoms with E-state index < -0.39 is 0 Å². The highest BCUT2D eigenvalue weighted by Crippen LogP contribution is 2.36.